The molecule has 192 valence electrons. The number of para-hydroxylation sites is 2. The summed E-state index contributed by atoms with van der Waals surface area (Å²) in [4.78, 5) is 5.15. The average molecular weight is 524 g/mol. The van der Waals surface area contributed by atoms with Crippen molar-refractivity contribution in [2.75, 3.05) is 0 Å². The minimum atomic E-state index is -0.0362. The van der Waals surface area contributed by atoms with E-state index >= 15 is 0 Å². The van der Waals surface area contributed by atoms with Gasteiger partial charge in [0.2, 0.25) is 5.78 Å². The molecule has 0 fully saturated rings. The maximum atomic E-state index is 5.15. The number of hydrogen-bond donors (Lipinski definition) is 0. The maximum Gasteiger partial charge on any atom is 0.220 e. The van der Waals surface area contributed by atoms with Crippen molar-refractivity contribution in [2.45, 2.75) is 19.3 Å². The van der Waals surface area contributed by atoms with Gasteiger partial charge < -0.3 is 0 Å². The second-order valence-electron chi connectivity index (χ2n) is 12.1. The molecule has 3 heteroatoms. The summed E-state index contributed by atoms with van der Waals surface area (Å²) in [5, 5.41) is 5.05. The molecule has 0 unspecified atom stereocenters. The van der Waals surface area contributed by atoms with Crippen molar-refractivity contribution in [3.8, 4) is 22.3 Å². The van der Waals surface area contributed by atoms with Gasteiger partial charge in [-0.15, -0.1) is 0 Å². The quantitative estimate of drug-likeness (QED) is 0.210. The smallest absolute Gasteiger partial charge is 0.220 e. The molecule has 3 heterocycles. The first-order valence-corrected chi connectivity index (χ1v) is 14.3. The monoisotopic (exact) mass is 523 g/mol. The summed E-state index contributed by atoms with van der Waals surface area (Å²) < 4.78 is 4.72. The lowest BCUT2D eigenvalue weighted by Gasteiger charge is -2.22. The average Bonchev–Trinajstić information content (AvgIpc) is 3.70. The zero-order valence-electron chi connectivity index (χ0n) is 22.8. The van der Waals surface area contributed by atoms with E-state index in [0.717, 1.165) is 16.8 Å². The van der Waals surface area contributed by atoms with E-state index in [1.807, 2.05) is 0 Å². The van der Waals surface area contributed by atoms with E-state index in [1.165, 1.54) is 71.5 Å². The van der Waals surface area contributed by atoms with E-state index in [-0.39, 0.29) is 5.41 Å². The topological polar surface area (TPSA) is 21.7 Å². The lowest BCUT2D eigenvalue weighted by molar-refractivity contribution is 0.660. The second-order valence-corrected chi connectivity index (χ2v) is 12.1. The minimum Gasteiger partial charge on any atom is -0.277 e. The van der Waals surface area contributed by atoms with E-state index in [1.54, 1.807) is 0 Å². The van der Waals surface area contributed by atoms with Crippen molar-refractivity contribution in [1.82, 2.24) is 13.8 Å². The first-order chi connectivity index (χ1) is 20.1. The van der Waals surface area contributed by atoms with Crippen LogP contribution in [0, 0.1) is 0 Å². The lowest BCUT2D eigenvalue weighted by Crippen LogP contribution is -2.14. The first kappa shape index (κ1) is 21.6. The molecule has 0 N–H and O–H groups in total. The molecule has 9 aromatic rings. The van der Waals surface area contributed by atoms with Crippen LogP contribution in [0.15, 0.2) is 115 Å². The van der Waals surface area contributed by atoms with E-state index in [0.29, 0.717) is 0 Å². The Morgan fingerprint density at radius 2 is 1.29 bits per heavy atom. The van der Waals surface area contributed by atoms with Gasteiger partial charge in [0.1, 0.15) is 0 Å². The van der Waals surface area contributed by atoms with Crippen LogP contribution in [0.2, 0.25) is 0 Å². The maximum absolute atomic E-state index is 5.15. The molecule has 0 radical (unpaired) electrons. The molecular weight excluding hydrogens is 498 g/mol. The zero-order chi connectivity index (χ0) is 27.0. The first-order valence-electron chi connectivity index (χ1n) is 14.3. The number of fused-ring (bicyclic) bond motifs is 12. The van der Waals surface area contributed by atoms with Gasteiger partial charge in [-0.3, -0.25) is 8.80 Å². The van der Waals surface area contributed by atoms with Crippen LogP contribution < -0.4 is 0 Å². The van der Waals surface area contributed by atoms with Crippen molar-refractivity contribution < 1.29 is 0 Å². The lowest BCUT2D eigenvalue weighted by atomic mass is 9.81. The van der Waals surface area contributed by atoms with E-state index in [4.69, 9.17) is 4.98 Å². The molecule has 10 rings (SSSR count). The van der Waals surface area contributed by atoms with Gasteiger partial charge in [0.25, 0.3) is 0 Å². The fraction of sp³-hybridized carbons (Fsp3) is 0.0789. The Bertz CT molecular complexity index is 2560. The third kappa shape index (κ3) is 2.58. The molecule has 1 aliphatic rings. The Kier molecular flexibility index (Phi) is 3.76. The SMILES string of the molecule is CC1(C)c2ccccc2-c2ccc(-c3cc4c5cc6ccccc6cc5n5c4c(c3)n3c4ccccc4nc35)cc21. The van der Waals surface area contributed by atoms with Crippen molar-refractivity contribution in [1.29, 1.82) is 0 Å². The van der Waals surface area contributed by atoms with Crippen LogP contribution in [0.1, 0.15) is 25.0 Å². The summed E-state index contributed by atoms with van der Waals surface area (Å²) in [6.45, 7) is 4.71. The van der Waals surface area contributed by atoms with Gasteiger partial charge in [-0.1, -0.05) is 86.6 Å². The Morgan fingerprint density at radius 1 is 0.537 bits per heavy atom. The van der Waals surface area contributed by atoms with Crippen LogP contribution in [-0.2, 0) is 5.41 Å². The summed E-state index contributed by atoms with van der Waals surface area (Å²) in [5.74, 6) is 0.971. The number of rotatable bonds is 1. The summed E-state index contributed by atoms with van der Waals surface area (Å²) in [6.07, 6.45) is 0. The van der Waals surface area contributed by atoms with Gasteiger partial charge in [0, 0.05) is 16.2 Å². The van der Waals surface area contributed by atoms with E-state index in [2.05, 4.69) is 138 Å². The fourth-order valence-electron chi connectivity index (χ4n) is 7.64. The molecule has 41 heavy (non-hydrogen) atoms. The van der Waals surface area contributed by atoms with E-state index in [9.17, 15) is 0 Å². The van der Waals surface area contributed by atoms with E-state index < -0.39 is 0 Å². The fourth-order valence-corrected chi connectivity index (χ4v) is 7.64. The summed E-state index contributed by atoms with van der Waals surface area (Å²) in [5.41, 5.74) is 13.8. The third-order valence-corrected chi connectivity index (χ3v) is 9.61. The van der Waals surface area contributed by atoms with Crippen LogP contribution >= 0.6 is 0 Å². The van der Waals surface area contributed by atoms with Crippen molar-refractivity contribution in [3.63, 3.8) is 0 Å². The van der Waals surface area contributed by atoms with Crippen LogP contribution in [0.25, 0.3) is 77.2 Å². The van der Waals surface area contributed by atoms with Crippen LogP contribution in [-0.4, -0.2) is 13.8 Å². The van der Waals surface area contributed by atoms with Crippen LogP contribution in [0.4, 0.5) is 0 Å². The zero-order valence-corrected chi connectivity index (χ0v) is 22.8. The normalized spacial score (nSPS) is 14.3. The highest BCUT2D eigenvalue weighted by Crippen LogP contribution is 2.50. The Balaban J connectivity index is 1.34. The third-order valence-electron chi connectivity index (χ3n) is 9.61. The standard InChI is InChI=1S/C38H25N3/c1-38(2)30-12-6-5-11-26(30)27-16-15-24(19-31(27)38)25-18-29-28-17-22-9-3-4-10-23(22)20-34(28)41-36(29)35(21-25)40-33-14-8-7-13-32(33)39-37(40)41/h3-21H,1-2H3. The van der Waals surface area contributed by atoms with Crippen LogP contribution in [0.3, 0.4) is 0 Å². The summed E-state index contributed by atoms with van der Waals surface area (Å²) in [7, 11) is 0. The Labute approximate surface area is 236 Å². The van der Waals surface area contributed by atoms with Gasteiger partial charge in [-0.2, -0.15) is 0 Å². The molecule has 0 saturated heterocycles. The predicted molar refractivity (Wildman–Crippen MR) is 170 cm³/mol. The van der Waals surface area contributed by atoms with Crippen molar-refractivity contribution in [3.05, 3.63) is 126 Å². The van der Waals surface area contributed by atoms with Crippen molar-refractivity contribution >= 4 is 54.9 Å². The summed E-state index contributed by atoms with van der Waals surface area (Å²) in [6, 6.07) is 42.5. The largest absolute Gasteiger partial charge is 0.277 e. The molecule has 0 saturated carbocycles. The van der Waals surface area contributed by atoms with Gasteiger partial charge in [-0.25, -0.2) is 4.98 Å². The molecule has 0 atom stereocenters. The van der Waals surface area contributed by atoms with Crippen LogP contribution in [0.5, 0.6) is 0 Å². The van der Waals surface area contributed by atoms with Gasteiger partial charge in [0.05, 0.1) is 27.6 Å². The number of hydrogen-bond acceptors (Lipinski definition) is 1. The Morgan fingerprint density at radius 3 is 2.20 bits per heavy atom. The number of imidazole rings is 2. The molecular formula is C38H25N3. The molecule has 3 nitrogen and oxygen atoms in total. The second kappa shape index (κ2) is 7.13. The van der Waals surface area contributed by atoms with Crippen molar-refractivity contribution in [2.24, 2.45) is 0 Å². The number of aromatic nitrogens is 3. The highest BCUT2D eigenvalue weighted by Gasteiger charge is 2.35. The molecule has 0 spiro atoms. The van der Waals surface area contributed by atoms with Gasteiger partial charge in [0.15, 0.2) is 0 Å². The molecule has 0 amide bonds. The molecule has 0 aliphatic heterocycles. The summed E-state index contributed by atoms with van der Waals surface area (Å²) >= 11 is 0. The molecule has 0 bridgehead atoms. The highest BCUT2D eigenvalue weighted by atomic mass is 15.2. The molecule has 3 aromatic heterocycles. The Hall–Kier alpha value is -5.15. The number of nitrogens with zero attached hydrogens (tertiary/aromatic N) is 3. The predicted octanol–water partition coefficient (Wildman–Crippen LogP) is 9.61. The molecule has 6 aromatic carbocycles. The highest BCUT2D eigenvalue weighted by molar-refractivity contribution is 6.19. The molecule has 1 aliphatic carbocycles. The number of benzene rings is 6. The minimum absolute atomic E-state index is 0.0362. The van der Waals surface area contributed by atoms with Gasteiger partial charge in [-0.05, 0) is 86.6 Å². The van der Waals surface area contributed by atoms with Gasteiger partial charge >= 0.3 is 0 Å².